The highest BCUT2D eigenvalue weighted by Crippen LogP contribution is 2.50. The summed E-state index contributed by atoms with van der Waals surface area (Å²) in [5.41, 5.74) is -2.78. The molecule has 46 heavy (non-hydrogen) atoms. The van der Waals surface area contributed by atoms with Crippen molar-refractivity contribution in [2.24, 2.45) is 0 Å². The van der Waals surface area contributed by atoms with Gasteiger partial charge < -0.3 is 4.74 Å². The van der Waals surface area contributed by atoms with Crippen molar-refractivity contribution in [2.75, 3.05) is 11.9 Å². The monoisotopic (exact) mass is 638 g/mol. The molecule has 0 unspecified atom stereocenters. The number of amides is 4. The molecule has 0 spiro atoms. The van der Waals surface area contributed by atoms with Crippen LogP contribution in [0.15, 0.2) is 78.9 Å². The van der Waals surface area contributed by atoms with Gasteiger partial charge in [-0.15, -0.1) is 0 Å². The van der Waals surface area contributed by atoms with Crippen LogP contribution in [-0.2, 0) is 0 Å². The van der Waals surface area contributed by atoms with Crippen LogP contribution < -0.4 is 9.64 Å². The van der Waals surface area contributed by atoms with Gasteiger partial charge in [0.2, 0.25) is 0 Å². The topological polar surface area (TPSA) is 84.0 Å². The fraction of sp³-hybridized carbons (Fsp3) is 0.152. The first-order valence-electron chi connectivity index (χ1n) is 13.6. The van der Waals surface area contributed by atoms with Gasteiger partial charge in [-0.3, -0.25) is 24.1 Å². The lowest BCUT2D eigenvalue weighted by Crippen LogP contribution is -2.36. The van der Waals surface area contributed by atoms with Crippen molar-refractivity contribution >= 4 is 29.3 Å². The SMILES string of the molecule is Cc1ccc(Oc2ccc(N3C(=O)c4cc(-c5ccc6c(c5)C(=O)N(C)C6=O)cc(C(C(F)(F)F)C(F)(F)F)c4C3=O)cc2)cc1. The standard InChI is InChI=1S/C33H20F6N2O5/c1-16-3-8-20(9-4-16)46-21-10-6-19(7-11-21)41-30(44)25-15-18(17-5-12-22-23(13-17)29(43)40(2)28(22)42)14-24(26(25)31(41)45)27(32(34,35)36)33(37,38)39/h3-15,27H,1-2H3. The van der Waals surface area contributed by atoms with E-state index in [9.17, 15) is 45.5 Å². The Morgan fingerprint density at radius 2 is 1.15 bits per heavy atom. The Morgan fingerprint density at radius 1 is 0.609 bits per heavy atom. The lowest BCUT2D eigenvalue weighted by molar-refractivity contribution is -0.253. The minimum absolute atomic E-state index is 0.00618. The van der Waals surface area contributed by atoms with Crippen LogP contribution in [0.25, 0.3) is 11.1 Å². The van der Waals surface area contributed by atoms with Gasteiger partial charge in [-0.2, -0.15) is 26.3 Å². The maximum atomic E-state index is 14.1. The molecule has 0 atom stereocenters. The number of benzene rings is 4. The van der Waals surface area contributed by atoms with Crippen LogP contribution in [0.5, 0.6) is 11.5 Å². The Hall–Kier alpha value is -5.46. The Bertz CT molecular complexity index is 1940. The van der Waals surface area contributed by atoms with Crippen molar-refractivity contribution in [1.82, 2.24) is 4.90 Å². The van der Waals surface area contributed by atoms with Gasteiger partial charge in [0.1, 0.15) is 11.5 Å². The maximum absolute atomic E-state index is 14.1. The van der Waals surface area contributed by atoms with Crippen molar-refractivity contribution in [1.29, 1.82) is 0 Å². The van der Waals surface area contributed by atoms with Crippen molar-refractivity contribution < 1.29 is 50.3 Å². The second-order valence-electron chi connectivity index (χ2n) is 10.8. The summed E-state index contributed by atoms with van der Waals surface area (Å²) in [5.74, 6) is -7.22. The highest BCUT2D eigenvalue weighted by molar-refractivity contribution is 6.35. The Kier molecular flexibility index (Phi) is 7.02. The molecule has 0 bridgehead atoms. The normalized spacial score (nSPS) is 14.8. The molecule has 0 aliphatic carbocycles. The summed E-state index contributed by atoms with van der Waals surface area (Å²) < 4.78 is 90.2. The molecule has 2 heterocycles. The number of ether oxygens (including phenoxy) is 1. The lowest BCUT2D eigenvalue weighted by Gasteiger charge is -2.25. The van der Waals surface area contributed by atoms with Crippen LogP contribution in [-0.4, -0.2) is 47.9 Å². The summed E-state index contributed by atoms with van der Waals surface area (Å²) in [6.07, 6.45) is -11.8. The summed E-state index contributed by atoms with van der Waals surface area (Å²) in [6.45, 7) is 1.88. The molecule has 0 N–H and O–H groups in total. The van der Waals surface area contributed by atoms with Crippen LogP contribution in [0.4, 0.5) is 32.0 Å². The molecule has 0 fully saturated rings. The second kappa shape index (κ2) is 10.6. The second-order valence-corrected chi connectivity index (χ2v) is 10.8. The van der Waals surface area contributed by atoms with E-state index in [0.717, 1.165) is 22.6 Å². The third kappa shape index (κ3) is 5.07. The number of imide groups is 2. The number of fused-ring (bicyclic) bond motifs is 2. The third-order valence-corrected chi connectivity index (χ3v) is 7.76. The number of alkyl halides is 6. The van der Waals surface area contributed by atoms with E-state index in [1.165, 1.54) is 43.4 Å². The third-order valence-electron chi connectivity index (χ3n) is 7.76. The fourth-order valence-electron chi connectivity index (χ4n) is 5.51. The van der Waals surface area contributed by atoms with Gasteiger partial charge in [0.05, 0.1) is 27.9 Å². The number of carbonyl (C=O) groups excluding carboxylic acids is 4. The van der Waals surface area contributed by atoms with E-state index < -0.39 is 58.6 Å². The zero-order chi connectivity index (χ0) is 33.3. The summed E-state index contributed by atoms with van der Waals surface area (Å²) in [6, 6.07) is 17.5. The molecule has 4 amide bonds. The Labute approximate surface area is 256 Å². The van der Waals surface area contributed by atoms with Crippen LogP contribution in [0.3, 0.4) is 0 Å². The quantitative estimate of drug-likeness (QED) is 0.165. The molecule has 4 aromatic rings. The van der Waals surface area contributed by atoms with E-state index in [1.807, 2.05) is 19.1 Å². The van der Waals surface area contributed by atoms with E-state index in [1.54, 1.807) is 12.1 Å². The van der Waals surface area contributed by atoms with Crippen LogP contribution in [0.1, 0.15) is 58.5 Å². The smallest absolute Gasteiger partial charge is 0.404 e. The molecule has 7 nitrogen and oxygen atoms in total. The van der Waals surface area contributed by atoms with E-state index >= 15 is 0 Å². The molecule has 4 aromatic carbocycles. The molecule has 234 valence electrons. The minimum atomic E-state index is -5.89. The predicted octanol–water partition coefficient (Wildman–Crippen LogP) is 7.69. The summed E-state index contributed by atoms with van der Waals surface area (Å²) in [4.78, 5) is 53.3. The highest BCUT2D eigenvalue weighted by Gasteiger charge is 2.59. The van der Waals surface area contributed by atoms with Gasteiger partial charge in [0, 0.05) is 7.05 Å². The molecule has 6 rings (SSSR count). The van der Waals surface area contributed by atoms with Crippen molar-refractivity contribution in [3.8, 4) is 22.6 Å². The van der Waals surface area contributed by atoms with Gasteiger partial charge in [-0.05, 0) is 84.3 Å². The highest BCUT2D eigenvalue weighted by atomic mass is 19.4. The Morgan fingerprint density at radius 3 is 1.74 bits per heavy atom. The molecule has 0 saturated carbocycles. The van der Waals surface area contributed by atoms with Crippen molar-refractivity contribution in [2.45, 2.75) is 25.2 Å². The van der Waals surface area contributed by atoms with E-state index in [0.29, 0.717) is 16.7 Å². The first kappa shape index (κ1) is 30.6. The molecule has 2 aliphatic rings. The first-order chi connectivity index (χ1) is 21.6. The minimum Gasteiger partial charge on any atom is -0.457 e. The van der Waals surface area contributed by atoms with Gasteiger partial charge in [-0.25, -0.2) is 4.90 Å². The summed E-state index contributed by atoms with van der Waals surface area (Å²) in [5, 5.41) is 0. The average molecular weight is 639 g/mol. The van der Waals surface area contributed by atoms with Gasteiger partial charge in [0.25, 0.3) is 23.6 Å². The van der Waals surface area contributed by atoms with Crippen LogP contribution in [0, 0.1) is 6.92 Å². The number of carbonyl (C=O) groups is 4. The van der Waals surface area contributed by atoms with Gasteiger partial charge in [-0.1, -0.05) is 23.8 Å². The van der Waals surface area contributed by atoms with Gasteiger partial charge >= 0.3 is 12.4 Å². The Balaban J connectivity index is 1.46. The van der Waals surface area contributed by atoms with E-state index in [2.05, 4.69) is 0 Å². The molecular formula is C33H20F6N2O5. The fourth-order valence-corrected chi connectivity index (χ4v) is 5.51. The van der Waals surface area contributed by atoms with Crippen LogP contribution >= 0.6 is 0 Å². The van der Waals surface area contributed by atoms with Crippen LogP contribution in [0.2, 0.25) is 0 Å². The number of hydrogen-bond donors (Lipinski definition) is 0. The zero-order valence-electron chi connectivity index (χ0n) is 23.8. The molecule has 13 heteroatoms. The number of nitrogens with zero attached hydrogens (tertiary/aromatic N) is 2. The van der Waals surface area contributed by atoms with Crippen molar-refractivity contribution in [3.05, 3.63) is 112 Å². The number of rotatable bonds is 5. The number of anilines is 1. The van der Waals surface area contributed by atoms with E-state index in [4.69, 9.17) is 4.74 Å². The number of hydrogen-bond acceptors (Lipinski definition) is 5. The predicted molar refractivity (Wildman–Crippen MR) is 152 cm³/mol. The largest absolute Gasteiger partial charge is 0.457 e. The number of aryl methyl sites for hydroxylation is 1. The molecular weight excluding hydrogens is 618 g/mol. The zero-order valence-corrected chi connectivity index (χ0v) is 23.8. The molecule has 0 radical (unpaired) electrons. The molecule has 0 aromatic heterocycles. The summed E-state index contributed by atoms with van der Waals surface area (Å²) >= 11 is 0. The first-order valence-corrected chi connectivity index (χ1v) is 13.6. The summed E-state index contributed by atoms with van der Waals surface area (Å²) in [7, 11) is 1.22. The van der Waals surface area contributed by atoms with Gasteiger partial charge in [0.15, 0.2) is 5.92 Å². The van der Waals surface area contributed by atoms with E-state index in [-0.39, 0.29) is 33.7 Å². The molecule has 2 aliphatic heterocycles. The lowest BCUT2D eigenvalue weighted by atomic mass is 9.87. The van der Waals surface area contributed by atoms with Crippen molar-refractivity contribution in [3.63, 3.8) is 0 Å². The average Bonchev–Trinajstić information content (AvgIpc) is 3.36. The maximum Gasteiger partial charge on any atom is 0.404 e. The molecule has 0 saturated heterocycles. The number of halogens is 6.